The number of hydrogen-bond acceptors (Lipinski definition) is 6. The van der Waals surface area contributed by atoms with Crippen molar-refractivity contribution in [1.82, 2.24) is 5.32 Å². The van der Waals surface area contributed by atoms with Crippen LogP contribution >= 0.6 is 0 Å². The van der Waals surface area contributed by atoms with Crippen molar-refractivity contribution in [2.24, 2.45) is 0 Å². The van der Waals surface area contributed by atoms with Crippen molar-refractivity contribution in [1.29, 1.82) is 0 Å². The third kappa shape index (κ3) is 5.33. The quantitative estimate of drug-likeness (QED) is 0.211. The van der Waals surface area contributed by atoms with E-state index in [0.29, 0.717) is 25.3 Å². The molecule has 0 aliphatic heterocycles. The van der Waals surface area contributed by atoms with Gasteiger partial charge in [0.25, 0.3) is 0 Å². The van der Waals surface area contributed by atoms with Crippen LogP contribution in [0.2, 0.25) is 0 Å². The predicted molar refractivity (Wildman–Crippen MR) is 71.0 cm³/mol. The second-order valence-electron chi connectivity index (χ2n) is 4.01. The van der Waals surface area contributed by atoms with E-state index in [0.717, 1.165) is 11.3 Å². The summed E-state index contributed by atoms with van der Waals surface area (Å²) in [5, 5.41) is 32.5. The minimum atomic E-state index is -1.30. The van der Waals surface area contributed by atoms with Gasteiger partial charge >= 0.3 is 0 Å². The molecule has 6 heteroatoms. The van der Waals surface area contributed by atoms with Crippen molar-refractivity contribution >= 4 is 11.4 Å². The SMILES string of the molecule is Nc1ccc(NCCC(O)O)c(CNCCO)c1. The van der Waals surface area contributed by atoms with E-state index in [2.05, 4.69) is 10.6 Å². The molecule has 102 valence electrons. The van der Waals surface area contributed by atoms with Crippen molar-refractivity contribution in [2.45, 2.75) is 19.3 Å². The van der Waals surface area contributed by atoms with E-state index >= 15 is 0 Å². The van der Waals surface area contributed by atoms with Crippen molar-refractivity contribution < 1.29 is 15.3 Å². The molecule has 0 saturated heterocycles. The number of rotatable bonds is 8. The fraction of sp³-hybridized carbons (Fsp3) is 0.500. The van der Waals surface area contributed by atoms with Gasteiger partial charge in [0.2, 0.25) is 0 Å². The van der Waals surface area contributed by atoms with Crippen molar-refractivity contribution in [3.63, 3.8) is 0 Å². The largest absolute Gasteiger partial charge is 0.399 e. The van der Waals surface area contributed by atoms with Gasteiger partial charge in [-0.15, -0.1) is 0 Å². The topological polar surface area (TPSA) is 111 Å². The number of nitrogen functional groups attached to an aromatic ring is 1. The Labute approximate surface area is 106 Å². The highest BCUT2D eigenvalue weighted by molar-refractivity contribution is 5.58. The molecule has 0 aromatic heterocycles. The molecule has 0 aliphatic rings. The summed E-state index contributed by atoms with van der Waals surface area (Å²) in [4.78, 5) is 0. The van der Waals surface area contributed by atoms with Crippen LogP contribution in [0.25, 0.3) is 0 Å². The van der Waals surface area contributed by atoms with Gasteiger partial charge in [-0.05, 0) is 23.8 Å². The highest BCUT2D eigenvalue weighted by Crippen LogP contribution is 2.18. The minimum Gasteiger partial charge on any atom is -0.399 e. The average Bonchev–Trinajstić information content (AvgIpc) is 2.32. The number of aliphatic hydroxyl groups excluding tert-OH is 2. The van der Waals surface area contributed by atoms with Crippen LogP contribution in [-0.4, -0.2) is 41.3 Å². The molecule has 0 aliphatic carbocycles. The zero-order chi connectivity index (χ0) is 13.4. The Balaban J connectivity index is 2.58. The zero-order valence-electron chi connectivity index (χ0n) is 10.3. The van der Waals surface area contributed by atoms with Crippen LogP contribution < -0.4 is 16.4 Å². The molecule has 0 bridgehead atoms. The first kappa shape index (κ1) is 14.7. The molecule has 0 radical (unpaired) electrons. The molecule has 0 atom stereocenters. The molecule has 1 rings (SSSR count). The summed E-state index contributed by atoms with van der Waals surface area (Å²) < 4.78 is 0. The number of nitrogens with one attached hydrogen (secondary N) is 2. The molecular formula is C12H21N3O3. The molecule has 0 saturated carbocycles. The van der Waals surface area contributed by atoms with Gasteiger partial charge in [-0.2, -0.15) is 0 Å². The third-order valence-corrected chi connectivity index (χ3v) is 2.45. The molecule has 0 amide bonds. The fourth-order valence-electron chi connectivity index (χ4n) is 1.57. The van der Waals surface area contributed by atoms with E-state index in [-0.39, 0.29) is 13.0 Å². The summed E-state index contributed by atoms with van der Waals surface area (Å²) in [6.45, 7) is 1.66. The number of benzene rings is 1. The van der Waals surface area contributed by atoms with Crippen LogP contribution in [0, 0.1) is 0 Å². The van der Waals surface area contributed by atoms with E-state index in [1.54, 1.807) is 6.07 Å². The highest BCUT2D eigenvalue weighted by Gasteiger charge is 2.04. The smallest absolute Gasteiger partial charge is 0.153 e. The summed E-state index contributed by atoms with van der Waals surface area (Å²) >= 11 is 0. The van der Waals surface area contributed by atoms with Crippen molar-refractivity contribution in [2.75, 3.05) is 30.7 Å². The van der Waals surface area contributed by atoms with Gasteiger partial charge in [0.15, 0.2) is 6.29 Å². The van der Waals surface area contributed by atoms with Gasteiger partial charge < -0.3 is 31.7 Å². The Kier molecular flexibility index (Phi) is 6.45. The maximum atomic E-state index is 8.77. The van der Waals surface area contributed by atoms with Crippen molar-refractivity contribution in [3.8, 4) is 0 Å². The maximum Gasteiger partial charge on any atom is 0.153 e. The van der Waals surface area contributed by atoms with Gasteiger partial charge in [0, 0.05) is 37.4 Å². The number of nitrogens with two attached hydrogens (primary N) is 1. The van der Waals surface area contributed by atoms with Gasteiger partial charge in [-0.3, -0.25) is 0 Å². The second-order valence-corrected chi connectivity index (χ2v) is 4.01. The molecule has 1 aromatic rings. The Hall–Kier alpha value is -1.34. The number of hydrogen-bond donors (Lipinski definition) is 6. The Morgan fingerprint density at radius 2 is 2.00 bits per heavy atom. The van der Waals surface area contributed by atoms with Gasteiger partial charge in [0.1, 0.15) is 0 Å². The summed E-state index contributed by atoms with van der Waals surface area (Å²) in [5.74, 6) is 0. The van der Waals surface area contributed by atoms with E-state index < -0.39 is 6.29 Å². The molecule has 7 N–H and O–H groups in total. The molecule has 1 aromatic carbocycles. The molecule has 6 nitrogen and oxygen atoms in total. The minimum absolute atomic E-state index is 0.0851. The lowest BCUT2D eigenvalue weighted by Crippen LogP contribution is -2.19. The van der Waals surface area contributed by atoms with Crippen LogP contribution in [0.15, 0.2) is 18.2 Å². The molecule has 0 unspecified atom stereocenters. The summed E-state index contributed by atoms with van der Waals surface area (Å²) in [6, 6.07) is 5.49. The summed E-state index contributed by atoms with van der Waals surface area (Å²) in [6.07, 6.45) is -1.05. The monoisotopic (exact) mass is 255 g/mol. The lowest BCUT2D eigenvalue weighted by molar-refractivity contribution is -0.0423. The van der Waals surface area contributed by atoms with E-state index in [9.17, 15) is 0 Å². The molecule has 0 fully saturated rings. The average molecular weight is 255 g/mol. The lowest BCUT2D eigenvalue weighted by atomic mass is 10.1. The standard InChI is InChI=1S/C12H21N3O3/c13-10-1-2-11(15-4-3-12(17)18)9(7-10)8-14-5-6-16/h1-2,7,12,14-18H,3-6,8,13H2. The summed E-state index contributed by atoms with van der Waals surface area (Å²) in [5.41, 5.74) is 8.27. The van der Waals surface area contributed by atoms with Crippen LogP contribution in [0.4, 0.5) is 11.4 Å². The van der Waals surface area contributed by atoms with E-state index in [1.807, 2.05) is 12.1 Å². The third-order valence-electron chi connectivity index (χ3n) is 2.45. The van der Waals surface area contributed by atoms with Crippen LogP contribution in [0.1, 0.15) is 12.0 Å². The predicted octanol–water partition coefficient (Wildman–Crippen LogP) is -0.537. The maximum absolute atomic E-state index is 8.77. The van der Waals surface area contributed by atoms with Crippen LogP contribution in [-0.2, 0) is 6.54 Å². The summed E-state index contributed by atoms with van der Waals surface area (Å²) in [7, 11) is 0. The first-order valence-electron chi connectivity index (χ1n) is 5.93. The molecule has 0 spiro atoms. The van der Waals surface area contributed by atoms with Gasteiger partial charge in [0.05, 0.1) is 6.61 Å². The molecular weight excluding hydrogens is 234 g/mol. The van der Waals surface area contributed by atoms with Crippen LogP contribution in [0.3, 0.4) is 0 Å². The van der Waals surface area contributed by atoms with Crippen LogP contribution in [0.5, 0.6) is 0 Å². The Morgan fingerprint density at radius 1 is 1.22 bits per heavy atom. The van der Waals surface area contributed by atoms with Gasteiger partial charge in [-0.25, -0.2) is 0 Å². The Bertz CT molecular complexity index is 358. The first-order chi connectivity index (χ1) is 8.63. The zero-order valence-corrected chi connectivity index (χ0v) is 10.3. The normalized spacial score (nSPS) is 10.9. The van der Waals surface area contributed by atoms with E-state index in [4.69, 9.17) is 21.1 Å². The first-order valence-corrected chi connectivity index (χ1v) is 5.93. The van der Waals surface area contributed by atoms with Crippen molar-refractivity contribution in [3.05, 3.63) is 23.8 Å². The molecule has 0 heterocycles. The van der Waals surface area contributed by atoms with Gasteiger partial charge in [-0.1, -0.05) is 0 Å². The molecule has 18 heavy (non-hydrogen) atoms. The lowest BCUT2D eigenvalue weighted by Gasteiger charge is -2.14. The Morgan fingerprint density at radius 3 is 2.67 bits per heavy atom. The number of anilines is 2. The second kappa shape index (κ2) is 7.88. The highest BCUT2D eigenvalue weighted by atomic mass is 16.5. The van der Waals surface area contributed by atoms with E-state index in [1.165, 1.54) is 0 Å². The number of aliphatic hydroxyl groups is 3. The fourth-order valence-corrected chi connectivity index (χ4v) is 1.57.